The smallest absolute Gasteiger partial charge is 0.0588 e. The Morgan fingerprint density at radius 3 is 2.79 bits per heavy atom. The number of rotatable bonds is 5. The van der Waals surface area contributed by atoms with Crippen LogP contribution < -0.4 is 5.32 Å². The molecule has 2 rings (SSSR count). The van der Waals surface area contributed by atoms with Crippen molar-refractivity contribution < 1.29 is 4.74 Å². The zero-order chi connectivity index (χ0) is 9.80. The first-order valence-corrected chi connectivity index (χ1v) is 5.96. The molecular formula is C11H22N2O. The van der Waals surface area contributed by atoms with Crippen molar-refractivity contribution in [3.8, 4) is 0 Å². The van der Waals surface area contributed by atoms with Crippen molar-refractivity contribution in [3.05, 3.63) is 0 Å². The van der Waals surface area contributed by atoms with E-state index in [1.807, 2.05) is 0 Å². The van der Waals surface area contributed by atoms with E-state index in [-0.39, 0.29) is 0 Å². The van der Waals surface area contributed by atoms with Gasteiger partial charge in [-0.25, -0.2) is 0 Å². The van der Waals surface area contributed by atoms with Crippen LogP contribution in [-0.4, -0.2) is 49.8 Å². The van der Waals surface area contributed by atoms with Crippen molar-refractivity contribution in [2.24, 2.45) is 0 Å². The van der Waals surface area contributed by atoms with Crippen molar-refractivity contribution in [1.82, 2.24) is 10.2 Å². The molecule has 0 aromatic rings. The molecule has 1 atom stereocenters. The van der Waals surface area contributed by atoms with Gasteiger partial charge < -0.3 is 10.1 Å². The Labute approximate surface area is 86.8 Å². The van der Waals surface area contributed by atoms with Crippen LogP contribution in [0.15, 0.2) is 0 Å². The number of ether oxygens (including phenoxy) is 1. The summed E-state index contributed by atoms with van der Waals surface area (Å²) in [6.07, 6.45) is 4.32. The number of hydrogen-bond donors (Lipinski definition) is 1. The van der Waals surface area contributed by atoms with Crippen LogP contribution in [0.1, 0.15) is 26.2 Å². The third kappa shape index (κ3) is 2.47. The van der Waals surface area contributed by atoms with Crippen LogP contribution in [0.4, 0.5) is 0 Å². The normalized spacial score (nSPS) is 28.3. The fraction of sp³-hybridized carbons (Fsp3) is 1.00. The third-order valence-corrected chi connectivity index (χ3v) is 3.44. The van der Waals surface area contributed by atoms with Gasteiger partial charge in [0.15, 0.2) is 0 Å². The van der Waals surface area contributed by atoms with Crippen LogP contribution >= 0.6 is 0 Å². The maximum Gasteiger partial charge on any atom is 0.0588 e. The summed E-state index contributed by atoms with van der Waals surface area (Å²) in [5, 5.41) is 3.33. The maximum atomic E-state index is 5.64. The molecule has 1 N–H and O–H groups in total. The van der Waals surface area contributed by atoms with Crippen LogP contribution in [0.2, 0.25) is 0 Å². The molecule has 14 heavy (non-hydrogen) atoms. The Hall–Kier alpha value is -0.120. The summed E-state index contributed by atoms with van der Waals surface area (Å²) in [5.74, 6) is 0. The standard InChI is InChI=1S/C11H22N2O/c1-2-13(10-8-12-9-10)6-5-11-4-3-7-14-11/h10-12H,2-9H2,1H3. The predicted octanol–water partition coefficient (Wildman–Crippen LogP) is 0.849. The van der Waals surface area contributed by atoms with Gasteiger partial charge in [0, 0.05) is 32.3 Å². The molecule has 0 aromatic heterocycles. The molecule has 0 bridgehead atoms. The molecule has 0 amide bonds. The highest BCUT2D eigenvalue weighted by atomic mass is 16.5. The Kier molecular flexibility index (Phi) is 3.79. The fourth-order valence-electron chi connectivity index (χ4n) is 2.31. The highest BCUT2D eigenvalue weighted by molar-refractivity contribution is 4.84. The van der Waals surface area contributed by atoms with Gasteiger partial charge in [-0.05, 0) is 25.8 Å². The van der Waals surface area contributed by atoms with E-state index in [1.165, 1.54) is 45.4 Å². The first kappa shape index (κ1) is 10.4. The lowest BCUT2D eigenvalue weighted by atomic mass is 10.1. The zero-order valence-electron chi connectivity index (χ0n) is 9.17. The molecule has 82 valence electrons. The van der Waals surface area contributed by atoms with E-state index < -0.39 is 0 Å². The van der Waals surface area contributed by atoms with Gasteiger partial charge in [0.2, 0.25) is 0 Å². The molecule has 0 radical (unpaired) electrons. The van der Waals surface area contributed by atoms with Gasteiger partial charge in [0.05, 0.1) is 6.10 Å². The van der Waals surface area contributed by atoms with Gasteiger partial charge in [-0.1, -0.05) is 6.92 Å². The summed E-state index contributed by atoms with van der Waals surface area (Å²) >= 11 is 0. The van der Waals surface area contributed by atoms with E-state index in [4.69, 9.17) is 4.74 Å². The topological polar surface area (TPSA) is 24.5 Å². The predicted molar refractivity (Wildman–Crippen MR) is 57.5 cm³/mol. The van der Waals surface area contributed by atoms with Crippen LogP contribution in [-0.2, 0) is 4.74 Å². The average Bonchev–Trinajstić information content (AvgIpc) is 2.61. The molecule has 2 aliphatic rings. The number of nitrogens with one attached hydrogen (secondary N) is 1. The van der Waals surface area contributed by atoms with Crippen molar-refractivity contribution in [1.29, 1.82) is 0 Å². The van der Waals surface area contributed by atoms with E-state index in [9.17, 15) is 0 Å². The fourth-order valence-corrected chi connectivity index (χ4v) is 2.31. The van der Waals surface area contributed by atoms with E-state index in [0.717, 1.165) is 12.6 Å². The Morgan fingerprint density at radius 2 is 2.29 bits per heavy atom. The minimum Gasteiger partial charge on any atom is -0.378 e. The highest BCUT2D eigenvalue weighted by Crippen LogP contribution is 2.16. The lowest BCUT2D eigenvalue weighted by Crippen LogP contribution is -2.57. The van der Waals surface area contributed by atoms with E-state index in [1.54, 1.807) is 0 Å². The zero-order valence-corrected chi connectivity index (χ0v) is 9.17. The quantitative estimate of drug-likeness (QED) is 0.709. The number of likely N-dealkylation sites (N-methyl/N-ethyl adjacent to an activating group) is 1. The van der Waals surface area contributed by atoms with E-state index in [0.29, 0.717) is 6.10 Å². The maximum absolute atomic E-state index is 5.64. The molecule has 2 saturated heterocycles. The molecular weight excluding hydrogens is 176 g/mol. The number of nitrogens with zero attached hydrogens (tertiary/aromatic N) is 1. The molecule has 1 unspecified atom stereocenters. The minimum absolute atomic E-state index is 0.553. The molecule has 0 aromatic carbocycles. The summed E-state index contributed by atoms with van der Waals surface area (Å²) in [4.78, 5) is 2.58. The summed E-state index contributed by atoms with van der Waals surface area (Å²) in [7, 11) is 0. The number of hydrogen-bond acceptors (Lipinski definition) is 3. The molecule has 0 saturated carbocycles. The van der Waals surface area contributed by atoms with Gasteiger partial charge in [0.25, 0.3) is 0 Å². The van der Waals surface area contributed by atoms with Gasteiger partial charge in [-0.15, -0.1) is 0 Å². The monoisotopic (exact) mass is 198 g/mol. The SMILES string of the molecule is CCN(CCC1CCCO1)C1CNC1. The van der Waals surface area contributed by atoms with Crippen molar-refractivity contribution in [2.45, 2.75) is 38.3 Å². The first-order valence-electron chi connectivity index (χ1n) is 5.96. The average molecular weight is 198 g/mol. The molecule has 0 aliphatic carbocycles. The van der Waals surface area contributed by atoms with Crippen molar-refractivity contribution >= 4 is 0 Å². The second-order valence-corrected chi connectivity index (χ2v) is 4.36. The summed E-state index contributed by atoms with van der Waals surface area (Å²) in [6.45, 7) is 8.00. The van der Waals surface area contributed by atoms with Crippen molar-refractivity contribution in [3.63, 3.8) is 0 Å². The summed E-state index contributed by atoms with van der Waals surface area (Å²) in [5.41, 5.74) is 0. The molecule has 3 nitrogen and oxygen atoms in total. The Morgan fingerprint density at radius 1 is 1.43 bits per heavy atom. The summed E-state index contributed by atoms with van der Waals surface area (Å²) in [6, 6.07) is 0.793. The van der Waals surface area contributed by atoms with Gasteiger partial charge >= 0.3 is 0 Å². The lowest BCUT2D eigenvalue weighted by Gasteiger charge is -2.38. The molecule has 2 aliphatic heterocycles. The Bertz CT molecular complexity index is 165. The highest BCUT2D eigenvalue weighted by Gasteiger charge is 2.24. The third-order valence-electron chi connectivity index (χ3n) is 3.44. The van der Waals surface area contributed by atoms with Crippen molar-refractivity contribution in [2.75, 3.05) is 32.8 Å². The first-order chi connectivity index (χ1) is 6.90. The van der Waals surface area contributed by atoms with Gasteiger partial charge in [-0.3, -0.25) is 4.90 Å². The van der Waals surface area contributed by atoms with E-state index in [2.05, 4.69) is 17.1 Å². The largest absolute Gasteiger partial charge is 0.378 e. The van der Waals surface area contributed by atoms with Crippen LogP contribution in [0.25, 0.3) is 0 Å². The van der Waals surface area contributed by atoms with Gasteiger partial charge in [0.1, 0.15) is 0 Å². The van der Waals surface area contributed by atoms with Crippen LogP contribution in [0.5, 0.6) is 0 Å². The van der Waals surface area contributed by atoms with Gasteiger partial charge in [-0.2, -0.15) is 0 Å². The second kappa shape index (κ2) is 5.10. The summed E-state index contributed by atoms with van der Waals surface area (Å²) < 4.78 is 5.64. The molecule has 3 heteroatoms. The molecule has 0 spiro atoms. The van der Waals surface area contributed by atoms with Crippen LogP contribution in [0, 0.1) is 0 Å². The second-order valence-electron chi connectivity index (χ2n) is 4.36. The molecule has 2 heterocycles. The van der Waals surface area contributed by atoms with Crippen LogP contribution in [0.3, 0.4) is 0 Å². The Balaban J connectivity index is 1.65. The minimum atomic E-state index is 0.553. The van der Waals surface area contributed by atoms with E-state index >= 15 is 0 Å². The molecule has 2 fully saturated rings. The lowest BCUT2D eigenvalue weighted by molar-refractivity contribution is 0.0775.